The van der Waals surface area contributed by atoms with Gasteiger partial charge in [0.25, 0.3) is 0 Å². The summed E-state index contributed by atoms with van der Waals surface area (Å²) in [5.41, 5.74) is 2.17. The van der Waals surface area contributed by atoms with Gasteiger partial charge in [-0.2, -0.15) is 0 Å². The van der Waals surface area contributed by atoms with Crippen LogP contribution < -0.4 is 0 Å². The van der Waals surface area contributed by atoms with Gasteiger partial charge < -0.3 is 9.47 Å². The fourth-order valence-corrected chi connectivity index (χ4v) is 2.28. The van der Waals surface area contributed by atoms with Crippen LogP contribution in [0.1, 0.15) is 31.8 Å². The molecule has 3 aromatic rings. The number of hydrogen-bond acceptors (Lipinski definition) is 5. The maximum Gasteiger partial charge on any atom is 0.340 e. The second-order valence-corrected chi connectivity index (χ2v) is 5.59. The van der Waals surface area contributed by atoms with E-state index < -0.39 is 11.9 Å². The van der Waals surface area contributed by atoms with E-state index in [9.17, 15) is 9.59 Å². The van der Waals surface area contributed by atoms with Gasteiger partial charge in [0.2, 0.25) is 0 Å². The van der Waals surface area contributed by atoms with E-state index in [1.54, 1.807) is 0 Å². The first-order valence-corrected chi connectivity index (χ1v) is 8.09. The number of carbonyl (C=O) groups excluding carboxylic acids is 2. The molecule has 0 fully saturated rings. The number of rotatable bonds is 6. The molecule has 0 spiro atoms. The van der Waals surface area contributed by atoms with Gasteiger partial charge in [0.15, 0.2) is 0 Å². The summed E-state index contributed by atoms with van der Waals surface area (Å²) < 4.78 is 10.5. The van der Waals surface area contributed by atoms with Crippen LogP contribution in [0, 0.1) is 0 Å². The first-order valence-electron chi connectivity index (χ1n) is 8.09. The summed E-state index contributed by atoms with van der Waals surface area (Å²) in [7, 11) is 0. The molecule has 0 aliphatic heterocycles. The van der Waals surface area contributed by atoms with Crippen LogP contribution >= 0.6 is 0 Å². The Bertz CT molecular complexity index is 808. The maximum absolute atomic E-state index is 12.2. The van der Waals surface area contributed by atoms with E-state index in [2.05, 4.69) is 4.98 Å². The lowest BCUT2D eigenvalue weighted by Gasteiger charge is -2.07. The van der Waals surface area contributed by atoms with Crippen LogP contribution in [0.4, 0.5) is 0 Å². The summed E-state index contributed by atoms with van der Waals surface area (Å²) in [6, 6.07) is 20.1. The zero-order chi connectivity index (χ0) is 18.2. The first kappa shape index (κ1) is 17.4. The third-order valence-electron chi connectivity index (χ3n) is 3.64. The molecular weight excluding hydrogens is 330 g/mol. The predicted molar refractivity (Wildman–Crippen MR) is 95.4 cm³/mol. The Morgan fingerprint density at radius 2 is 1.12 bits per heavy atom. The number of nitrogens with zero attached hydrogens (tertiary/aromatic N) is 1. The Balaban J connectivity index is 1.60. The van der Waals surface area contributed by atoms with Gasteiger partial charge in [-0.05, 0) is 17.2 Å². The van der Waals surface area contributed by atoms with Crippen LogP contribution in [0.3, 0.4) is 0 Å². The SMILES string of the molecule is O=C(OCc1ccccc1)c1cncc(C(=O)OCc2ccccc2)c1. The second kappa shape index (κ2) is 8.58. The van der Waals surface area contributed by atoms with Crippen molar-refractivity contribution in [2.75, 3.05) is 0 Å². The fraction of sp³-hybridized carbons (Fsp3) is 0.0952. The smallest absolute Gasteiger partial charge is 0.340 e. The summed E-state index contributed by atoms with van der Waals surface area (Å²) in [6.45, 7) is 0.310. The molecule has 0 bridgehead atoms. The van der Waals surface area contributed by atoms with Gasteiger partial charge in [-0.15, -0.1) is 0 Å². The van der Waals surface area contributed by atoms with Crippen molar-refractivity contribution >= 4 is 11.9 Å². The molecule has 5 heteroatoms. The normalized spacial score (nSPS) is 10.2. The van der Waals surface area contributed by atoms with Crippen LogP contribution in [-0.2, 0) is 22.7 Å². The molecule has 1 heterocycles. The van der Waals surface area contributed by atoms with Crippen molar-refractivity contribution in [1.29, 1.82) is 0 Å². The molecule has 130 valence electrons. The Morgan fingerprint density at radius 3 is 1.54 bits per heavy atom. The second-order valence-electron chi connectivity index (χ2n) is 5.59. The number of pyridine rings is 1. The Labute approximate surface area is 151 Å². The molecule has 0 unspecified atom stereocenters. The molecule has 0 aliphatic carbocycles. The van der Waals surface area contributed by atoms with Gasteiger partial charge in [-0.3, -0.25) is 4.98 Å². The topological polar surface area (TPSA) is 65.5 Å². The quantitative estimate of drug-likeness (QED) is 0.635. The van der Waals surface area contributed by atoms with E-state index in [1.807, 2.05) is 60.7 Å². The highest BCUT2D eigenvalue weighted by molar-refractivity contribution is 5.94. The summed E-state index contributed by atoms with van der Waals surface area (Å²) in [5.74, 6) is -1.09. The summed E-state index contributed by atoms with van der Waals surface area (Å²) in [4.78, 5) is 28.3. The van der Waals surface area contributed by atoms with Gasteiger partial charge in [0, 0.05) is 12.4 Å². The Hall–Kier alpha value is -3.47. The first-order chi connectivity index (χ1) is 12.7. The highest BCUT2D eigenvalue weighted by Crippen LogP contribution is 2.10. The number of ether oxygens (including phenoxy) is 2. The van der Waals surface area contributed by atoms with Crippen molar-refractivity contribution in [2.45, 2.75) is 13.2 Å². The van der Waals surface area contributed by atoms with E-state index >= 15 is 0 Å². The highest BCUT2D eigenvalue weighted by atomic mass is 16.5. The van der Waals surface area contributed by atoms with E-state index in [0.717, 1.165) is 11.1 Å². The lowest BCUT2D eigenvalue weighted by Crippen LogP contribution is -2.10. The van der Waals surface area contributed by atoms with Crippen molar-refractivity contribution < 1.29 is 19.1 Å². The number of esters is 2. The number of carbonyl (C=O) groups is 2. The molecule has 2 aromatic carbocycles. The minimum absolute atomic E-state index is 0.155. The van der Waals surface area contributed by atoms with Crippen LogP contribution in [0.25, 0.3) is 0 Å². The molecule has 0 amide bonds. The zero-order valence-electron chi connectivity index (χ0n) is 14.0. The van der Waals surface area contributed by atoms with Crippen molar-refractivity contribution in [2.24, 2.45) is 0 Å². The fourth-order valence-electron chi connectivity index (χ4n) is 2.28. The number of benzene rings is 2. The van der Waals surface area contributed by atoms with E-state index in [4.69, 9.17) is 9.47 Å². The van der Waals surface area contributed by atoms with Gasteiger partial charge >= 0.3 is 11.9 Å². The average molecular weight is 347 g/mol. The number of aromatic nitrogens is 1. The lowest BCUT2D eigenvalue weighted by atomic mass is 10.2. The monoisotopic (exact) mass is 347 g/mol. The summed E-state index contributed by atoms with van der Waals surface area (Å²) >= 11 is 0. The largest absolute Gasteiger partial charge is 0.457 e. The van der Waals surface area contributed by atoms with E-state index in [-0.39, 0.29) is 24.3 Å². The molecule has 26 heavy (non-hydrogen) atoms. The molecule has 0 aliphatic rings. The minimum atomic E-state index is -0.543. The molecule has 1 aromatic heterocycles. The molecule has 0 saturated heterocycles. The number of hydrogen-bond donors (Lipinski definition) is 0. The Kier molecular flexibility index (Phi) is 5.72. The molecule has 0 radical (unpaired) electrons. The molecular formula is C21H17NO4. The summed E-state index contributed by atoms with van der Waals surface area (Å²) in [5, 5.41) is 0. The average Bonchev–Trinajstić information content (AvgIpc) is 2.72. The standard InChI is InChI=1S/C21H17NO4/c23-20(25-14-16-7-3-1-4-8-16)18-11-19(13-22-12-18)21(24)26-15-17-9-5-2-6-10-17/h1-13H,14-15H2. The van der Waals surface area contributed by atoms with Crippen LogP contribution in [0.5, 0.6) is 0 Å². The van der Waals surface area contributed by atoms with Crippen molar-refractivity contribution in [1.82, 2.24) is 4.98 Å². The molecule has 3 rings (SSSR count). The Morgan fingerprint density at radius 1 is 0.692 bits per heavy atom. The lowest BCUT2D eigenvalue weighted by molar-refractivity contribution is 0.0469. The molecule has 5 nitrogen and oxygen atoms in total. The van der Waals surface area contributed by atoms with Gasteiger partial charge in [-0.25, -0.2) is 9.59 Å². The summed E-state index contributed by atoms with van der Waals surface area (Å²) in [6.07, 6.45) is 2.72. The third kappa shape index (κ3) is 4.77. The zero-order valence-corrected chi connectivity index (χ0v) is 14.0. The van der Waals surface area contributed by atoms with Gasteiger partial charge in [-0.1, -0.05) is 60.7 Å². The van der Waals surface area contributed by atoms with Gasteiger partial charge in [0.05, 0.1) is 11.1 Å². The van der Waals surface area contributed by atoms with Crippen LogP contribution in [-0.4, -0.2) is 16.9 Å². The van der Waals surface area contributed by atoms with Crippen molar-refractivity contribution in [3.63, 3.8) is 0 Å². The molecule has 0 atom stereocenters. The van der Waals surface area contributed by atoms with Crippen molar-refractivity contribution in [3.05, 3.63) is 101 Å². The molecule has 0 saturated carbocycles. The maximum atomic E-state index is 12.2. The molecule has 0 N–H and O–H groups in total. The van der Waals surface area contributed by atoms with Gasteiger partial charge in [0.1, 0.15) is 13.2 Å². The third-order valence-corrected chi connectivity index (χ3v) is 3.64. The van der Waals surface area contributed by atoms with Crippen LogP contribution in [0.2, 0.25) is 0 Å². The minimum Gasteiger partial charge on any atom is -0.457 e. The van der Waals surface area contributed by atoms with Crippen LogP contribution in [0.15, 0.2) is 79.1 Å². The van der Waals surface area contributed by atoms with E-state index in [1.165, 1.54) is 18.5 Å². The van der Waals surface area contributed by atoms with Crippen molar-refractivity contribution in [3.8, 4) is 0 Å². The van der Waals surface area contributed by atoms with E-state index in [0.29, 0.717) is 0 Å². The highest BCUT2D eigenvalue weighted by Gasteiger charge is 2.14. The predicted octanol–water partition coefficient (Wildman–Crippen LogP) is 3.80.